The summed E-state index contributed by atoms with van der Waals surface area (Å²) in [6, 6.07) is 0. The summed E-state index contributed by atoms with van der Waals surface area (Å²) in [5.74, 6) is 0. The third kappa shape index (κ3) is 7.67. The van der Waals surface area contributed by atoms with Crippen molar-refractivity contribution in [3.63, 3.8) is 0 Å². The van der Waals surface area contributed by atoms with Crippen molar-refractivity contribution < 1.29 is 62.3 Å². The molecule has 0 rings (SSSR count). The van der Waals surface area contributed by atoms with E-state index in [0.29, 0.717) is 3.71 Å². The van der Waals surface area contributed by atoms with E-state index in [0.717, 1.165) is 0 Å². The zero-order valence-corrected chi connectivity index (χ0v) is 10.7. The first-order chi connectivity index (χ1) is 4.04. The van der Waals surface area contributed by atoms with Gasteiger partial charge in [0.15, 0.2) is 0 Å². The maximum absolute atomic E-state index is 10.4. The van der Waals surface area contributed by atoms with Crippen LogP contribution in [0.1, 0.15) is 8.35 Å². The van der Waals surface area contributed by atoms with E-state index >= 15 is 0 Å². The van der Waals surface area contributed by atoms with Gasteiger partial charge in [-0.2, -0.15) is 3.71 Å². The van der Waals surface area contributed by atoms with E-state index in [1.165, 1.54) is 6.92 Å². The summed E-state index contributed by atoms with van der Waals surface area (Å²) in [6.07, 6.45) is -1.31. The molecule has 7 heteroatoms. The number of nitrogens with two attached hydrogens (primary N) is 1. The van der Waals surface area contributed by atoms with E-state index in [1.807, 2.05) is 0 Å². The van der Waals surface area contributed by atoms with E-state index in [9.17, 15) is 4.79 Å². The molecule has 1 unspecified atom stereocenters. The van der Waals surface area contributed by atoms with Crippen molar-refractivity contribution in [3.8, 4) is 0 Å². The zero-order chi connectivity index (χ0) is 7.44. The maximum Gasteiger partial charge on any atom is 1.00 e. The van der Waals surface area contributed by atoms with Crippen LogP contribution in [0.15, 0.2) is 0 Å². The van der Waals surface area contributed by atoms with Gasteiger partial charge in [-0.15, -0.1) is 0 Å². The Kier molecular flexibility index (Phi) is 10.2. The van der Waals surface area contributed by atoms with Crippen molar-refractivity contribution in [2.24, 2.45) is 5.73 Å². The fourth-order valence-corrected chi connectivity index (χ4v) is 0.300. The van der Waals surface area contributed by atoms with Crippen molar-refractivity contribution in [1.29, 1.82) is 0 Å². The molecule has 0 aliphatic heterocycles. The van der Waals surface area contributed by atoms with E-state index in [4.69, 9.17) is 5.73 Å². The molecule has 0 aromatic carbocycles. The largest absolute Gasteiger partial charge is 1.00 e. The summed E-state index contributed by atoms with van der Waals surface area (Å²) in [5.41, 5.74) is 5.09. The van der Waals surface area contributed by atoms with Gasteiger partial charge in [0, 0.05) is 0 Å². The molecule has 0 aromatic heterocycles. The number of thiol groups is 2. The smallest absolute Gasteiger partial charge is 1.00 e. The number of rotatable bonds is 1. The van der Waals surface area contributed by atoms with Crippen LogP contribution in [0.5, 0.6) is 0 Å². The van der Waals surface area contributed by atoms with Crippen molar-refractivity contribution in [2.75, 3.05) is 0 Å². The first-order valence-corrected chi connectivity index (χ1v) is 2.98. The van der Waals surface area contributed by atoms with Crippen molar-refractivity contribution in [1.82, 2.24) is 3.71 Å². The average molecular weight is 208 g/mol. The van der Waals surface area contributed by atoms with Gasteiger partial charge in [-0.25, -0.2) is 4.79 Å². The van der Waals surface area contributed by atoms with E-state index in [2.05, 4.69) is 30.4 Å². The molecule has 0 spiro atoms. The van der Waals surface area contributed by atoms with Gasteiger partial charge in [0.05, 0.1) is 0 Å². The minimum atomic E-state index is -0.684. The van der Waals surface area contributed by atoms with Crippen LogP contribution >= 0.6 is 25.6 Å². The second-order valence-electron chi connectivity index (χ2n) is 1.38. The molecule has 0 saturated carbocycles. The minimum absolute atomic E-state index is 0. The number of nitrogens with zero attached hydrogens (tertiary/aromatic N) is 1. The quantitative estimate of drug-likeness (QED) is 0.254. The summed E-state index contributed by atoms with van der Waals surface area (Å²) in [6.45, 7) is 1.53. The van der Waals surface area contributed by atoms with Gasteiger partial charge in [-0.3, -0.25) is 5.73 Å². The van der Waals surface area contributed by atoms with Gasteiger partial charge in [-0.1, -0.05) is 0 Å². The molecular formula is C3H9KN2O2S2. The Balaban J connectivity index is -0.000000320. The number of hydrogen-bond acceptors (Lipinski definition) is 5. The summed E-state index contributed by atoms with van der Waals surface area (Å²) in [7, 11) is 0. The molecule has 1 atom stereocenters. The van der Waals surface area contributed by atoms with Crippen molar-refractivity contribution in [3.05, 3.63) is 0 Å². The van der Waals surface area contributed by atoms with Crippen LogP contribution in [-0.4, -0.2) is 16.0 Å². The third-order valence-electron chi connectivity index (χ3n) is 0.450. The van der Waals surface area contributed by atoms with Gasteiger partial charge >= 0.3 is 57.5 Å². The molecule has 56 valence electrons. The molecule has 0 bridgehead atoms. The molecule has 0 heterocycles. The van der Waals surface area contributed by atoms with Crippen LogP contribution in [0.25, 0.3) is 0 Å². The molecule has 0 aromatic rings. The minimum Gasteiger partial charge on any atom is -1.00 e. The number of carbonyl (C=O) groups is 1. The molecule has 10 heavy (non-hydrogen) atoms. The fraction of sp³-hybridized carbons (Fsp3) is 0.667. The Hall–Kier alpha value is 1.57. The topological polar surface area (TPSA) is 55.6 Å². The fourth-order valence-electron chi connectivity index (χ4n) is 0.206. The number of amides is 1. The Labute approximate surface area is 115 Å². The molecule has 0 fully saturated rings. The first-order valence-electron chi connectivity index (χ1n) is 2.18. The number of ether oxygens (including phenoxy) is 1. The summed E-state index contributed by atoms with van der Waals surface area (Å²) in [5, 5.41) is 0. The Morgan fingerprint density at radius 2 is 2.20 bits per heavy atom. The Bertz CT molecular complexity index is 116. The van der Waals surface area contributed by atoms with Gasteiger partial charge < -0.3 is 6.16 Å². The van der Waals surface area contributed by atoms with Gasteiger partial charge in [0.1, 0.15) is 6.23 Å². The Morgan fingerprint density at radius 3 is 2.30 bits per heavy atom. The van der Waals surface area contributed by atoms with Crippen LogP contribution in [0.2, 0.25) is 0 Å². The van der Waals surface area contributed by atoms with Crippen molar-refractivity contribution >= 4 is 31.7 Å². The van der Waals surface area contributed by atoms with Gasteiger partial charge in [0.2, 0.25) is 0 Å². The van der Waals surface area contributed by atoms with Crippen molar-refractivity contribution in [2.45, 2.75) is 13.2 Å². The molecule has 2 N–H and O–H groups in total. The number of carbonyl (C=O) groups excluding carboxylic acids is 1. The molecule has 4 nitrogen and oxygen atoms in total. The third-order valence-corrected chi connectivity index (χ3v) is 0.777. The predicted molar refractivity (Wildman–Crippen MR) is 41.1 cm³/mol. The van der Waals surface area contributed by atoms with E-state index < -0.39 is 12.3 Å². The maximum atomic E-state index is 10.4. The van der Waals surface area contributed by atoms with Crippen LogP contribution in [0.3, 0.4) is 0 Å². The van der Waals surface area contributed by atoms with E-state index in [1.54, 1.807) is 0 Å². The molecule has 0 aliphatic carbocycles. The van der Waals surface area contributed by atoms with Crippen LogP contribution in [-0.2, 0) is 4.74 Å². The molecule has 0 saturated heterocycles. The average Bonchev–Trinajstić information content (AvgIpc) is 1.63. The van der Waals surface area contributed by atoms with Crippen LogP contribution < -0.4 is 57.1 Å². The summed E-state index contributed by atoms with van der Waals surface area (Å²) < 4.78 is 5.14. The summed E-state index contributed by atoms with van der Waals surface area (Å²) in [4.78, 5) is 10.4. The number of hydrogen-bond donors (Lipinski definition) is 3. The predicted octanol–water partition coefficient (Wildman–Crippen LogP) is -2.46. The normalized spacial score (nSPS) is 11.2. The molecule has 0 aliphatic rings. The molecule has 0 radical (unpaired) electrons. The second kappa shape index (κ2) is 7.23. The Morgan fingerprint density at radius 1 is 1.80 bits per heavy atom. The van der Waals surface area contributed by atoms with Crippen LogP contribution in [0, 0.1) is 0 Å². The summed E-state index contributed by atoms with van der Waals surface area (Å²) >= 11 is 7.07. The van der Waals surface area contributed by atoms with Crippen LogP contribution in [0.4, 0.5) is 4.79 Å². The SMILES string of the molecule is CC(N)OC(=O)N(S)S.[H-].[K+]. The molecule has 1 amide bonds. The first kappa shape index (κ1) is 14.1. The van der Waals surface area contributed by atoms with E-state index in [-0.39, 0.29) is 52.8 Å². The van der Waals surface area contributed by atoms with Gasteiger partial charge in [0.25, 0.3) is 0 Å². The monoisotopic (exact) mass is 208 g/mol. The zero-order valence-electron chi connectivity index (χ0n) is 6.81. The standard InChI is InChI=1S/C3H8N2O2S2.K.H/c1-2(4)7-3(6)5(8)9;;/h2,8-9H,4H2,1H3;;/q;+1;-1. The second-order valence-corrected chi connectivity index (χ2v) is 2.49. The molecular weight excluding hydrogens is 199 g/mol. The van der Waals surface area contributed by atoms with Gasteiger partial charge in [-0.05, 0) is 32.6 Å².